The van der Waals surface area contributed by atoms with E-state index in [1.807, 2.05) is 0 Å². The summed E-state index contributed by atoms with van der Waals surface area (Å²) in [5, 5.41) is 5.81. The van der Waals surface area contributed by atoms with Crippen LogP contribution >= 0.6 is 24.0 Å². The van der Waals surface area contributed by atoms with Crippen LogP contribution in [0.15, 0.2) is 23.2 Å². The SMILES string of the molecule is CN=C(NCCOc1ccc(F)cc1F)NCCS(=O)(=O)NCC1CCCCO1.I. The third-order valence-corrected chi connectivity index (χ3v) is 5.59. The quantitative estimate of drug-likeness (QED) is 0.174. The molecular weight excluding hydrogens is 533 g/mol. The second-order valence-electron chi connectivity index (χ2n) is 6.50. The minimum Gasteiger partial charge on any atom is -0.489 e. The summed E-state index contributed by atoms with van der Waals surface area (Å²) in [5.41, 5.74) is 0. The number of benzene rings is 1. The average Bonchev–Trinajstić information content (AvgIpc) is 2.70. The standard InChI is InChI=1S/C18H28F2N4O4S.HI/c1-21-18(22-7-10-28-17-6-5-14(19)12-16(17)20)23-8-11-29(25,26)24-13-15-4-2-3-9-27-15;/h5-6,12,15,24H,2-4,7-11,13H2,1H3,(H2,21,22,23);1H. The Morgan fingerprint density at radius 3 is 2.70 bits per heavy atom. The highest BCUT2D eigenvalue weighted by atomic mass is 127. The average molecular weight is 562 g/mol. The van der Waals surface area contributed by atoms with Gasteiger partial charge in [-0.3, -0.25) is 4.99 Å². The largest absolute Gasteiger partial charge is 0.489 e. The van der Waals surface area contributed by atoms with Crippen molar-refractivity contribution in [2.45, 2.75) is 25.4 Å². The number of hydrogen-bond acceptors (Lipinski definition) is 5. The topological polar surface area (TPSA) is 101 Å². The summed E-state index contributed by atoms with van der Waals surface area (Å²) < 4.78 is 63.8. The molecule has 0 aromatic heterocycles. The Bertz CT molecular complexity index is 777. The molecule has 0 spiro atoms. The third kappa shape index (κ3) is 10.2. The Morgan fingerprint density at radius 1 is 1.27 bits per heavy atom. The molecule has 1 aromatic carbocycles. The smallest absolute Gasteiger partial charge is 0.213 e. The van der Waals surface area contributed by atoms with E-state index in [2.05, 4.69) is 20.3 Å². The number of nitrogens with zero attached hydrogens (tertiary/aromatic N) is 1. The van der Waals surface area contributed by atoms with Crippen LogP contribution in [-0.4, -0.2) is 66.1 Å². The van der Waals surface area contributed by atoms with Crippen LogP contribution in [0, 0.1) is 11.6 Å². The molecule has 0 radical (unpaired) electrons. The monoisotopic (exact) mass is 562 g/mol. The van der Waals surface area contributed by atoms with Gasteiger partial charge in [-0.05, 0) is 31.4 Å². The zero-order valence-electron chi connectivity index (χ0n) is 16.8. The highest BCUT2D eigenvalue weighted by Gasteiger charge is 2.17. The minimum atomic E-state index is -3.43. The van der Waals surface area contributed by atoms with E-state index in [0.29, 0.717) is 19.1 Å². The number of aliphatic imine (C=N–C) groups is 1. The second kappa shape index (κ2) is 13.9. The molecule has 2 rings (SSSR count). The Kier molecular flexibility index (Phi) is 12.4. The lowest BCUT2D eigenvalue weighted by molar-refractivity contribution is 0.0200. The van der Waals surface area contributed by atoms with Crippen molar-refractivity contribution in [3.8, 4) is 5.75 Å². The molecule has 8 nitrogen and oxygen atoms in total. The Balaban J connectivity index is 0.00000450. The van der Waals surface area contributed by atoms with Crippen LogP contribution in [0.3, 0.4) is 0 Å². The first-order valence-electron chi connectivity index (χ1n) is 9.51. The highest BCUT2D eigenvalue weighted by Crippen LogP contribution is 2.17. The van der Waals surface area contributed by atoms with Crippen LogP contribution in [0.5, 0.6) is 5.75 Å². The van der Waals surface area contributed by atoms with Gasteiger partial charge in [-0.2, -0.15) is 0 Å². The molecule has 1 atom stereocenters. The van der Waals surface area contributed by atoms with Crippen molar-refractivity contribution in [3.05, 3.63) is 29.8 Å². The number of rotatable bonds is 10. The molecule has 1 saturated heterocycles. The highest BCUT2D eigenvalue weighted by molar-refractivity contribution is 14.0. The van der Waals surface area contributed by atoms with Gasteiger partial charge in [-0.25, -0.2) is 21.9 Å². The van der Waals surface area contributed by atoms with Crippen LogP contribution in [-0.2, 0) is 14.8 Å². The summed E-state index contributed by atoms with van der Waals surface area (Å²) in [6.45, 7) is 1.53. The van der Waals surface area contributed by atoms with E-state index in [-0.39, 0.29) is 61.3 Å². The fourth-order valence-electron chi connectivity index (χ4n) is 2.71. The summed E-state index contributed by atoms with van der Waals surface area (Å²) >= 11 is 0. The lowest BCUT2D eigenvalue weighted by Gasteiger charge is -2.22. The minimum absolute atomic E-state index is 0. The number of guanidine groups is 1. The molecule has 3 N–H and O–H groups in total. The molecule has 1 unspecified atom stereocenters. The van der Waals surface area contributed by atoms with Crippen molar-refractivity contribution in [3.63, 3.8) is 0 Å². The van der Waals surface area contributed by atoms with E-state index in [4.69, 9.17) is 9.47 Å². The van der Waals surface area contributed by atoms with E-state index in [0.717, 1.165) is 31.4 Å². The molecule has 1 aromatic rings. The number of nitrogens with one attached hydrogen (secondary N) is 3. The van der Waals surface area contributed by atoms with E-state index in [1.165, 1.54) is 6.07 Å². The Labute approximate surface area is 193 Å². The van der Waals surface area contributed by atoms with Crippen molar-refractivity contribution in [2.24, 2.45) is 4.99 Å². The van der Waals surface area contributed by atoms with Gasteiger partial charge in [0.05, 0.1) is 18.4 Å². The van der Waals surface area contributed by atoms with Crippen molar-refractivity contribution in [2.75, 3.05) is 45.6 Å². The lowest BCUT2D eigenvalue weighted by Crippen LogP contribution is -2.43. The maximum absolute atomic E-state index is 13.5. The maximum Gasteiger partial charge on any atom is 0.213 e. The first-order chi connectivity index (χ1) is 13.9. The van der Waals surface area contributed by atoms with Gasteiger partial charge >= 0.3 is 0 Å². The van der Waals surface area contributed by atoms with Gasteiger partial charge in [0.15, 0.2) is 17.5 Å². The van der Waals surface area contributed by atoms with Gasteiger partial charge in [0, 0.05) is 32.8 Å². The predicted octanol–water partition coefficient (Wildman–Crippen LogP) is 1.62. The molecule has 0 bridgehead atoms. The van der Waals surface area contributed by atoms with Crippen molar-refractivity contribution in [1.29, 1.82) is 0 Å². The van der Waals surface area contributed by atoms with E-state index in [9.17, 15) is 17.2 Å². The van der Waals surface area contributed by atoms with E-state index < -0.39 is 21.7 Å². The van der Waals surface area contributed by atoms with Gasteiger partial charge in [0.2, 0.25) is 10.0 Å². The third-order valence-electron chi connectivity index (χ3n) is 4.24. The number of hydrogen-bond donors (Lipinski definition) is 3. The van der Waals surface area contributed by atoms with Gasteiger partial charge < -0.3 is 20.1 Å². The number of halogens is 3. The van der Waals surface area contributed by atoms with E-state index in [1.54, 1.807) is 7.05 Å². The molecule has 0 aliphatic carbocycles. The molecule has 1 fully saturated rings. The Hall–Kier alpha value is -1.25. The van der Waals surface area contributed by atoms with Crippen molar-refractivity contribution in [1.82, 2.24) is 15.4 Å². The van der Waals surface area contributed by atoms with Gasteiger partial charge in [0.1, 0.15) is 12.4 Å². The molecule has 30 heavy (non-hydrogen) atoms. The first-order valence-corrected chi connectivity index (χ1v) is 11.2. The maximum atomic E-state index is 13.5. The second-order valence-corrected chi connectivity index (χ2v) is 8.43. The molecule has 0 amide bonds. The van der Waals surface area contributed by atoms with Crippen LogP contribution in [0.25, 0.3) is 0 Å². The zero-order chi connectivity index (χ0) is 21.1. The molecule has 0 saturated carbocycles. The summed E-state index contributed by atoms with van der Waals surface area (Å²) in [6, 6.07) is 3.08. The zero-order valence-corrected chi connectivity index (χ0v) is 20.0. The summed E-state index contributed by atoms with van der Waals surface area (Å²) in [4.78, 5) is 3.98. The predicted molar refractivity (Wildman–Crippen MR) is 122 cm³/mol. The lowest BCUT2D eigenvalue weighted by atomic mass is 10.1. The summed E-state index contributed by atoms with van der Waals surface area (Å²) in [7, 11) is -1.88. The van der Waals surface area contributed by atoms with Crippen molar-refractivity contribution < 1.29 is 26.7 Å². The fraction of sp³-hybridized carbons (Fsp3) is 0.611. The number of sulfonamides is 1. The van der Waals surface area contributed by atoms with Gasteiger partial charge in [-0.1, -0.05) is 0 Å². The van der Waals surface area contributed by atoms with Crippen LogP contribution in [0.4, 0.5) is 8.78 Å². The molecule has 1 heterocycles. The van der Waals surface area contributed by atoms with E-state index >= 15 is 0 Å². The first kappa shape index (κ1) is 26.8. The Morgan fingerprint density at radius 2 is 2.03 bits per heavy atom. The summed E-state index contributed by atoms with van der Waals surface area (Å²) in [5.74, 6) is -1.22. The summed E-state index contributed by atoms with van der Waals surface area (Å²) in [6.07, 6.45) is 2.87. The van der Waals surface area contributed by atoms with Crippen LogP contribution in [0.2, 0.25) is 0 Å². The van der Waals surface area contributed by atoms with Crippen LogP contribution in [0.1, 0.15) is 19.3 Å². The van der Waals surface area contributed by atoms with Crippen LogP contribution < -0.4 is 20.1 Å². The molecule has 1 aliphatic heterocycles. The molecular formula is C18H29F2IN4O4S. The van der Waals surface area contributed by atoms with Gasteiger partial charge in [-0.15, -0.1) is 24.0 Å². The fourth-order valence-corrected chi connectivity index (χ4v) is 3.66. The number of ether oxygens (including phenoxy) is 2. The normalized spacial score (nSPS) is 17.2. The molecule has 1 aliphatic rings. The molecule has 12 heteroatoms. The van der Waals surface area contributed by atoms with Crippen molar-refractivity contribution >= 4 is 40.0 Å². The molecule has 172 valence electrons. The van der Waals surface area contributed by atoms with Gasteiger partial charge in [0.25, 0.3) is 0 Å².